The van der Waals surface area contributed by atoms with Crippen molar-refractivity contribution in [1.29, 1.82) is 0 Å². The van der Waals surface area contributed by atoms with Crippen LogP contribution in [0.2, 0.25) is 0 Å². The fraction of sp³-hybridized carbons (Fsp3) is 0.467. The van der Waals surface area contributed by atoms with Crippen LogP contribution in [-0.4, -0.2) is 38.5 Å². The van der Waals surface area contributed by atoms with Crippen LogP contribution in [0.3, 0.4) is 0 Å². The highest BCUT2D eigenvalue weighted by Gasteiger charge is 2.42. The summed E-state index contributed by atoms with van der Waals surface area (Å²) in [6, 6.07) is 7.67. The molecule has 3 atom stereocenters. The summed E-state index contributed by atoms with van der Waals surface area (Å²) >= 11 is 0. The SMILES string of the molecule is C=Cc1ccc(C[N+](C(C)O)(C(C)O)C(C)O)cc1. The van der Waals surface area contributed by atoms with Gasteiger partial charge in [-0.2, -0.15) is 0 Å². The minimum atomic E-state index is -0.876. The molecule has 0 aliphatic carbocycles. The van der Waals surface area contributed by atoms with Crippen molar-refractivity contribution >= 4 is 6.08 Å². The van der Waals surface area contributed by atoms with E-state index in [1.807, 2.05) is 24.3 Å². The largest absolute Gasteiger partial charge is 0.345 e. The van der Waals surface area contributed by atoms with Gasteiger partial charge in [-0.05, 0) is 5.56 Å². The highest BCUT2D eigenvalue weighted by molar-refractivity contribution is 5.47. The van der Waals surface area contributed by atoms with E-state index in [-0.39, 0.29) is 4.48 Å². The van der Waals surface area contributed by atoms with Crippen LogP contribution in [0.4, 0.5) is 0 Å². The zero-order valence-corrected chi connectivity index (χ0v) is 11.8. The minimum absolute atomic E-state index is 0.201. The lowest BCUT2D eigenvalue weighted by atomic mass is 10.1. The first-order valence-electron chi connectivity index (χ1n) is 6.47. The predicted octanol–water partition coefficient (Wildman–Crippen LogP) is 1.66. The Morgan fingerprint density at radius 2 is 1.42 bits per heavy atom. The van der Waals surface area contributed by atoms with E-state index in [1.54, 1.807) is 26.8 Å². The summed E-state index contributed by atoms with van der Waals surface area (Å²) in [5.41, 5.74) is 1.95. The Kier molecular flexibility index (Phi) is 5.26. The summed E-state index contributed by atoms with van der Waals surface area (Å²) in [7, 11) is 0. The summed E-state index contributed by atoms with van der Waals surface area (Å²) in [5, 5.41) is 30.0. The van der Waals surface area contributed by atoms with E-state index in [0.717, 1.165) is 11.1 Å². The topological polar surface area (TPSA) is 60.7 Å². The number of nitrogens with zero attached hydrogens (tertiary/aromatic N) is 1. The summed E-state index contributed by atoms with van der Waals surface area (Å²) in [5.74, 6) is 0. The molecule has 106 valence electrons. The van der Waals surface area contributed by atoms with Crippen LogP contribution in [0.15, 0.2) is 30.8 Å². The van der Waals surface area contributed by atoms with Gasteiger partial charge in [-0.3, -0.25) is 0 Å². The van der Waals surface area contributed by atoms with Crippen LogP contribution in [0.5, 0.6) is 0 Å². The molecule has 4 nitrogen and oxygen atoms in total. The van der Waals surface area contributed by atoms with E-state index in [9.17, 15) is 15.3 Å². The lowest BCUT2D eigenvalue weighted by Gasteiger charge is -2.45. The molecule has 4 heteroatoms. The molecule has 3 unspecified atom stereocenters. The molecule has 1 aromatic rings. The van der Waals surface area contributed by atoms with Crippen molar-refractivity contribution in [2.75, 3.05) is 0 Å². The Hall–Kier alpha value is -1.20. The second kappa shape index (κ2) is 6.30. The number of benzene rings is 1. The Bertz CT molecular complexity index is 388. The van der Waals surface area contributed by atoms with E-state index in [1.165, 1.54) is 0 Å². The van der Waals surface area contributed by atoms with Gasteiger partial charge in [0.25, 0.3) is 0 Å². The smallest absolute Gasteiger partial charge is 0.191 e. The standard InChI is InChI=1S/C15H24NO3/c1-5-14-6-8-15(9-7-14)10-16(11(2)17,12(3)18)13(4)19/h5-9,11-13,17-19H,1,10H2,2-4H3/q+1. The van der Waals surface area contributed by atoms with E-state index in [2.05, 4.69) is 6.58 Å². The summed E-state index contributed by atoms with van der Waals surface area (Å²) in [6.07, 6.45) is -0.874. The fourth-order valence-electron chi connectivity index (χ4n) is 2.41. The average Bonchev–Trinajstić information content (AvgIpc) is 2.35. The van der Waals surface area contributed by atoms with Gasteiger partial charge in [-0.1, -0.05) is 36.9 Å². The highest BCUT2D eigenvalue weighted by atomic mass is 16.4. The molecule has 0 aliphatic rings. The van der Waals surface area contributed by atoms with Gasteiger partial charge < -0.3 is 15.3 Å². The van der Waals surface area contributed by atoms with Crippen LogP contribution in [-0.2, 0) is 6.54 Å². The highest BCUT2D eigenvalue weighted by Crippen LogP contribution is 2.25. The van der Waals surface area contributed by atoms with Crippen molar-refractivity contribution in [3.05, 3.63) is 42.0 Å². The van der Waals surface area contributed by atoms with E-state index < -0.39 is 18.7 Å². The molecule has 0 heterocycles. The van der Waals surface area contributed by atoms with Crippen LogP contribution in [0, 0.1) is 0 Å². The quantitative estimate of drug-likeness (QED) is 0.542. The minimum Gasteiger partial charge on any atom is -0.345 e. The number of hydrogen-bond donors (Lipinski definition) is 3. The van der Waals surface area contributed by atoms with Crippen LogP contribution in [0.25, 0.3) is 6.08 Å². The average molecular weight is 266 g/mol. The van der Waals surface area contributed by atoms with Crippen molar-refractivity contribution in [3.8, 4) is 0 Å². The number of aliphatic hydroxyl groups is 3. The maximum atomic E-state index is 10.0. The Morgan fingerprint density at radius 1 is 1.00 bits per heavy atom. The van der Waals surface area contributed by atoms with E-state index in [0.29, 0.717) is 6.54 Å². The zero-order chi connectivity index (χ0) is 14.6. The van der Waals surface area contributed by atoms with Crippen molar-refractivity contribution in [3.63, 3.8) is 0 Å². The molecule has 1 aromatic carbocycles. The molecule has 0 bridgehead atoms. The summed E-state index contributed by atoms with van der Waals surface area (Å²) < 4.78 is -0.201. The third-order valence-electron chi connectivity index (χ3n) is 3.76. The summed E-state index contributed by atoms with van der Waals surface area (Å²) in [6.45, 7) is 8.79. The zero-order valence-electron chi connectivity index (χ0n) is 11.8. The van der Waals surface area contributed by atoms with E-state index in [4.69, 9.17) is 0 Å². The molecule has 0 saturated carbocycles. The van der Waals surface area contributed by atoms with Crippen LogP contribution in [0.1, 0.15) is 31.9 Å². The monoisotopic (exact) mass is 266 g/mol. The van der Waals surface area contributed by atoms with Gasteiger partial charge in [0.05, 0.1) is 0 Å². The van der Waals surface area contributed by atoms with Crippen molar-refractivity contribution in [1.82, 2.24) is 0 Å². The molecule has 0 aromatic heterocycles. The molecular weight excluding hydrogens is 242 g/mol. The molecule has 19 heavy (non-hydrogen) atoms. The lowest BCUT2D eigenvalue weighted by molar-refractivity contribution is -1.05. The summed E-state index contributed by atoms with van der Waals surface area (Å²) in [4.78, 5) is 0. The molecule has 0 radical (unpaired) electrons. The van der Waals surface area contributed by atoms with Gasteiger partial charge in [0.1, 0.15) is 6.54 Å². The maximum absolute atomic E-state index is 10.0. The second-order valence-electron chi connectivity index (χ2n) is 4.99. The van der Waals surface area contributed by atoms with Gasteiger partial charge in [0.15, 0.2) is 18.7 Å². The lowest BCUT2D eigenvalue weighted by Crippen LogP contribution is -2.63. The van der Waals surface area contributed by atoms with E-state index >= 15 is 0 Å². The number of hydrogen-bond acceptors (Lipinski definition) is 3. The fourth-order valence-corrected chi connectivity index (χ4v) is 2.41. The molecule has 0 saturated heterocycles. The molecule has 0 aliphatic heterocycles. The molecule has 0 amide bonds. The normalized spacial score (nSPS) is 19.3. The molecular formula is C15H24NO3+. The van der Waals surface area contributed by atoms with Crippen molar-refractivity contribution in [2.45, 2.75) is 46.0 Å². The molecule has 3 N–H and O–H groups in total. The number of aliphatic hydroxyl groups excluding tert-OH is 3. The first-order chi connectivity index (χ1) is 8.84. The number of quaternary nitrogens is 1. The number of rotatable bonds is 6. The van der Waals surface area contributed by atoms with Gasteiger partial charge >= 0.3 is 0 Å². The van der Waals surface area contributed by atoms with Crippen molar-refractivity contribution < 1.29 is 19.8 Å². The second-order valence-corrected chi connectivity index (χ2v) is 4.99. The Morgan fingerprint density at radius 3 is 1.74 bits per heavy atom. The van der Waals surface area contributed by atoms with Gasteiger partial charge in [0, 0.05) is 26.3 Å². The predicted molar refractivity (Wildman–Crippen MR) is 75.5 cm³/mol. The van der Waals surface area contributed by atoms with Crippen LogP contribution < -0.4 is 0 Å². The third kappa shape index (κ3) is 3.22. The Balaban J connectivity index is 3.09. The molecule has 0 fully saturated rings. The maximum Gasteiger partial charge on any atom is 0.191 e. The first-order valence-corrected chi connectivity index (χ1v) is 6.47. The van der Waals surface area contributed by atoms with Gasteiger partial charge in [-0.25, -0.2) is 4.48 Å². The Labute approximate surface area is 114 Å². The first kappa shape index (κ1) is 15.9. The molecule has 1 rings (SSSR count). The van der Waals surface area contributed by atoms with Gasteiger partial charge in [0.2, 0.25) is 0 Å². The van der Waals surface area contributed by atoms with Gasteiger partial charge in [-0.15, -0.1) is 0 Å². The van der Waals surface area contributed by atoms with Crippen molar-refractivity contribution in [2.24, 2.45) is 0 Å². The third-order valence-corrected chi connectivity index (χ3v) is 3.76. The van der Waals surface area contributed by atoms with Crippen LogP contribution >= 0.6 is 0 Å². The molecule has 0 spiro atoms.